The lowest BCUT2D eigenvalue weighted by Crippen LogP contribution is -2.29. The highest BCUT2D eigenvalue weighted by Gasteiger charge is 2.38. The lowest BCUT2D eigenvalue weighted by Gasteiger charge is -2.27. The summed E-state index contributed by atoms with van der Waals surface area (Å²) < 4.78 is 11.0. The van der Waals surface area contributed by atoms with Crippen molar-refractivity contribution in [3.05, 3.63) is 52.0 Å². The van der Waals surface area contributed by atoms with E-state index in [-0.39, 0.29) is 30.7 Å². The van der Waals surface area contributed by atoms with E-state index in [1.54, 1.807) is 36.3 Å². The number of fused-ring (bicyclic) bond motifs is 1. The molecule has 2 aromatic carbocycles. The maximum atomic E-state index is 13.5. The first-order valence-corrected chi connectivity index (χ1v) is 11.0. The third kappa shape index (κ3) is 4.11. The van der Waals surface area contributed by atoms with Gasteiger partial charge in [-0.2, -0.15) is 5.26 Å². The minimum Gasteiger partial charge on any atom is -0.493 e. The van der Waals surface area contributed by atoms with Gasteiger partial charge in [-0.3, -0.25) is 9.59 Å². The normalized spacial score (nSPS) is 15.7. The molecule has 1 aliphatic heterocycles. The van der Waals surface area contributed by atoms with Gasteiger partial charge in [0.2, 0.25) is 5.91 Å². The van der Waals surface area contributed by atoms with E-state index in [4.69, 9.17) is 21.1 Å². The van der Waals surface area contributed by atoms with E-state index >= 15 is 0 Å². The Morgan fingerprint density at radius 2 is 2.09 bits per heavy atom. The van der Waals surface area contributed by atoms with E-state index in [1.807, 2.05) is 13.0 Å². The summed E-state index contributed by atoms with van der Waals surface area (Å²) in [6, 6.07) is 10.4. The van der Waals surface area contributed by atoms with E-state index in [1.165, 1.54) is 0 Å². The van der Waals surface area contributed by atoms with Crippen molar-refractivity contribution in [2.75, 3.05) is 19.0 Å². The lowest BCUT2D eigenvalue weighted by atomic mass is 10.0. The fourth-order valence-corrected chi connectivity index (χ4v) is 4.22. The Hall–Kier alpha value is -3.24. The number of hydrogen-bond acceptors (Lipinski definition) is 5. The Morgan fingerprint density at radius 3 is 2.75 bits per heavy atom. The number of ether oxygens (including phenoxy) is 2. The molecule has 1 heterocycles. The quantitative estimate of drug-likeness (QED) is 0.625. The number of carbonyl (C=O) groups excluding carboxylic acids is 2. The Bertz CT molecular complexity index is 1110. The van der Waals surface area contributed by atoms with Crippen LogP contribution in [0.25, 0.3) is 0 Å². The van der Waals surface area contributed by atoms with Crippen LogP contribution in [0.15, 0.2) is 30.3 Å². The smallest absolute Gasteiger partial charge is 0.257 e. The molecule has 1 aliphatic carbocycles. The maximum Gasteiger partial charge on any atom is 0.257 e. The second-order valence-electron chi connectivity index (χ2n) is 7.87. The molecule has 4 rings (SSSR count). The van der Waals surface area contributed by atoms with E-state index in [2.05, 4.69) is 11.4 Å². The summed E-state index contributed by atoms with van der Waals surface area (Å²) in [4.78, 5) is 27.5. The van der Waals surface area contributed by atoms with Gasteiger partial charge in [0, 0.05) is 23.0 Å². The van der Waals surface area contributed by atoms with E-state index < -0.39 is 6.04 Å². The summed E-state index contributed by atoms with van der Waals surface area (Å²) >= 11 is 6.42. The molecule has 1 N–H and O–H groups in total. The molecule has 8 heteroatoms. The number of benzene rings is 2. The van der Waals surface area contributed by atoms with Gasteiger partial charge in [0.05, 0.1) is 43.5 Å². The summed E-state index contributed by atoms with van der Waals surface area (Å²) in [7, 11) is 1.56. The van der Waals surface area contributed by atoms with Crippen LogP contribution in [0.4, 0.5) is 5.69 Å². The number of nitrogens with zero attached hydrogens (tertiary/aromatic N) is 2. The van der Waals surface area contributed by atoms with Crippen LogP contribution >= 0.6 is 11.6 Å². The van der Waals surface area contributed by atoms with Gasteiger partial charge < -0.3 is 19.7 Å². The van der Waals surface area contributed by atoms with Crippen molar-refractivity contribution in [3.63, 3.8) is 0 Å². The van der Waals surface area contributed by atoms with Gasteiger partial charge >= 0.3 is 0 Å². The zero-order chi connectivity index (χ0) is 22.8. The Morgan fingerprint density at radius 1 is 1.31 bits per heavy atom. The fourth-order valence-electron chi connectivity index (χ4n) is 4.01. The van der Waals surface area contributed by atoms with Gasteiger partial charge in [-0.15, -0.1) is 0 Å². The molecule has 1 unspecified atom stereocenters. The van der Waals surface area contributed by atoms with Crippen LogP contribution < -0.4 is 14.8 Å². The molecule has 0 spiro atoms. The SMILES string of the molecule is CCOc1cc(C(CC#N)N2Cc3c(Cl)ccc(NC(=O)C4CC4)c3C2=O)ccc1OC. The average Bonchev–Trinajstić information content (AvgIpc) is 3.58. The van der Waals surface area contributed by atoms with Gasteiger partial charge in [0.15, 0.2) is 11.5 Å². The number of halogens is 1. The fraction of sp³-hybridized carbons (Fsp3) is 0.375. The molecule has 1 atom stereocenters. The number of rotatable bonds is 8. The molecule has 2 aliphatic rings. The molecule has 2 aromatic rings. The van der Waals surface area contributed by atoms with Gasteiger partial charge in [-0.05, 0) is 49.6 Å². The molecule has 0 radical (unpaired) electrons. The molecule has 2 amide bonds. The van der Waals surface area contributed by atoms with Crippen molar-refractivity contribution in [2.45, 2.75) is 38.8 Å². The van der Waals surface area contributed by atoms with Gasteiger partial charge in [-0.1, -0.05) is 17.7 Å². The number of methoxy groups -OCH3 is 1. The van der Waals surface area contributed by atoms with Crippen molar-refractivity contribution in [3.8, 4) is 17.6 Å². The third-order valence-electron chi connectivity index (χ3n) is 5.80. The predicted molar refractivity (Wildman–Crippen MR) is 120 cm³/mol. The van der Waals surface area contributed by atoms with Crippen molar-refractivity contribution in [1.29, 1.82) is 5.26 Å². The number of amides is 2. The molecule has 7 nitrogen and oxygen atoms in total. The number of nitrogens with one attached hydrogen (secondary N) is 1. The zero-order valence-electron chi connectivity index (χ0n) is 18.0. The maximum absolute atomic E-state index is 13.5. The first-order valence-electron chi connectivity index (χ1n) is 10.6. The third-order valence-corrected chi connectivity index (χ3v) is 6.15. The van der Waals surface area contributed by atoms with Crippen LogP contribution in [-0.4, -0.2) is 30.4 Å². The molecule has 166 valence electrons. The highest BCUT2D eigenvalue weighted by atomic mass is 35.5. The van der Waals surface area contributed by atoms with E-state index in [0.717, 1.165) is 18.4 Å². The summed E-state index contributed by atoms with van der Waals surface area (Å²) in [6.45, 7) is 2.58. The first-order chi connectivity index (χ1) is 15.5. The van der Waals surface area contributed by atoms with Gasteiger partial charge in [0.25, 0.3) is 5.91 Å². The highest BCUT2D eigenvalue weighted by Crippen LogP contribution is 2.41. The van der Waals surface area contributed by atoms with Gasteiger partial charge in [0.1, 0.15) is 0 Å². The second kappa shape index (κ2) is 9.09. The van der Waals surface area contributed by atoms with E-state index in [0.29, 0.717) is 39.9 Å². The molecule has 0 bridgehead atoms. The van der Waals surface area contributed by atoms with Crippen LogP contribution in [-0.2, 0) is 11.3 Å². The summed E-state index contributed by atoms with van der Waals surface area (Å²) in [6.07, 6.45) is 1.83. The van der Waals surface area contributed by atoms with Crippen LogP contribution in [0.2, 0.25) is 5.02 Å². The van der Waals surface area contributed by atoms with Crippen LogP contribution in [0.5, 0.6) is 11.5 Å². The Kier molecular flexibility index (Phi) is 6.24. The van der Waals surface area contributed by atoms with Crippen molar-refractivity contribution < 1.29 is 19.1 Å². The monoisotopic (exact) mass is 453 g/mol. The minimum atomic E-state index is -0.506. The predicted octanol–water partition coefficient (Wildman–Crippen LogP) is 4.71. The number of hydrogen-bond donors (Lipinski definition) is 1. The number of nitriles is 1. The first kappa shape index (κ1) is 22.0. The zero-order valence-corrected chi connectivity index (χ0v) is 18.7. The average molecular weight is 454 g/mol. The second-order valence-corrected chi connectivity index (χ2v) is 8.27. The van der Waals surface area contributed by atoms with Crippen LogP contribution in [0.3, 0.4) is 0 Å². The number of anilines is 1. The molecule has 0 aromatic heterocycles. The summed E-state index contributed by atoms with van der Waals surface area (Å²) in [5.41, 5.74) is 2.28. The molecular formula is C24H24ClN3O4. The minimum absolute atomic E-state index is 0.0107. The van der Waals surface area contributed by atoms with Crippen molar-refractivity contribution in [2.24, 2.45) is 5.92 Å². The molecule has 1 fully saturated rings. The Balaban J connectivity index is 1.69. The molecule has 32 heavy (non-hydrogen) atoms. The summed E-state index contributed by atoms with van der Waals surface area (Å²) in [5, 5.41) is 12.9. The largest absolute Gasteiger partial charge is 0.493 e. The number of carbonyl (C=O) groups is 2. The van der Waals surface area contributed by atoms with Gasteiger partial charge in [-0.25, -0.2) is 0 Å². The lowest BCUT2D eigenvalue weighted by molar-refractivity contribution is -0.117. The van der Waals surface area contributed by atoms with Crippen molar-refractivity contribution in [1.82, 2.24) is 4.90 Å². The standard InChI is InChI=1S/C24H24ClN3O4/c1-3-32-21-12-15(6-9-20(21)31-2)19(10-11-26)28-13-16-17(25)7-8-18(22(16)24(28)30)27-23(29)14-4-5-14/h6-9,12,14,19H,3-5,10,13H2,1-2H3,(H,27,29). The highest BCUT2D eigenvalue weighted by molar-refractivity contribution is 6.32. The summed E-state index contributed by atoms with van der Waals surface area (Å²) in [5.74, 6) is 0.801. The Labute approximate surface area is 191 Å². The molecular weight excluding hydrogens is 430 g/mol. The van der Waals surface area contributed by atoms with E-state index in [9.17, 15) is 14.9 Å². The molecule has 1 saturated carbocycles. The van der Waals surface area contributed by atoms with Crippen LogP contribution in [0.1, 0.15) is 53.7 Å². The topological polar surface area (TPSA) is 91.7 Å². The molecule has 0 saturated heterocycles. The van der Waals surface area contributed by atoms with Crippen molar-refractivity contribution >= 4 is 29.1 Å². The van der Waals surface area contributed by atoms with Crippen LogP contribution in [0, 0.1) is 17.2 Å².